The Morgan fingerprint density at radius 3 is 2.18 bits per heavy atom. The summed E-state index contributed by atoms with van der Waals surface area (Å²) >= 11 is 0. The van der Waals surface area contributed by atoms with E-state index in [0.717, 1.165) is 6.07 Å². The smallest absolute Gasteiger partial charge is 0.270 e. The van der Waals surface area contributed by atoms with Gasteiger partial charge in [0.15, 0.2) is 0 Å². The van der Waals surface area contributed by atoms with Crippen molar-refractivity contribution in [3.8, 4) is 0 Å². The standard InChI is InChI=1S/C21H24FN5O6S/c22-18-14-16(34(23,31)32)2-4-20(18)24-5-7-26(8-6-24)21(28)17-13-15(27(29)30)1-3-19(17)25-9-11-33-12-10-25/h1-4,13-14H,5-12H2,(H2,23,31,32). The number of nitrogens with zero attached hydrogens (tertiary/aromatic N) is 4. The van der Waals surface area contributed by atoms with Crippen molar-refractivity contribution in [3.05, 3.63) is 57.9 Å². The van der Waals surface area contributed by atoms with E-state index < -0.39 is 20.8 Å². The largest absolute Gasteiger partial charge is 0.378 e. The van der Waals surface area contributed by atoms with Crippen LogP contribution in [0.2, 0.25) is 0 Å². The minimum atomic E-state index is -4.02. The number of piperazine rings is 1. The fourth-order valence-electron chi connectivity index (χ4n) is 4.13. The highest BCUT2D eigenvalue weighted by Gasteiger charge is 2.28. The molecule has 0 atom stereocenters. The first-order valence-electron chi connectivity index (χ1n) is 10.6. The average molecular weight is 494 g/mol. The Bertz CT molecular complexity index is 1210. The molecule has 2 aliphatic rings. The number of amides is 1. The lowest BCUT2D eigenvalue weighted by atomic mass is 10.1. The van der Waals surface area contributed by atoms with Gasteiger partial charge in [-0.2, -0.15) is 0 Å². The van der Waals surface area contributed by atoms with E-state index in [-0.39, 0.29) is 40.8 Å². The average Bonchev–Trinajstić information content (AvgIpc) is 2.83. The number of carbonyl (C=O) groups is 1. The first kappa shape index (κ1) is 23.9. The van der Waals surface area contributed by atoms with Gasteiger partial charge in [0.2, 0.25) is 10.0 Å². The maximum atomic E-state index is 14.5. The third-order valence-corrected chi connectivity index (χ3v) is 6.84. The number of ether oxygens (including phenoxy) is 1. The minimum absolute atomic E-state index is 0.170. The molecule has 13 heteroatoms. The minimum Gasteiger partial charge on any atom is -0.378 e. The van der Waals surface area contributed by atoms with Crippen molar-refractivity contribution in [3.63, 3.8) is 0 Å². The summed E-state index contributed by atoms with van der Waals surface area (Å²) < 4.78 is 42.8. The van der Waals surface area contributed by atoms with Crippen LogP contribution >= 0.6 is 0 Å². The molecule has 2 saturated heterocycles. The van der Waals surface area contributed by atoms with E-state index in [1.807, 2.05) is 4.90 Å². The lowest BCUT2D eigenvalue weighted by Gasteiger charge is -2.37. The van der Waals surface area contributed by atoms with Crippen LogP contribution in [-0.2, 0) is 14.8 Å². The summed E-state index contributed by atoms with van der Waals surface area (Å²) in [6.45, 7) is 3.27. The third kappa shape index (κ3) is 4.95. The Morgan fingerprint density at radius 1 is 0.971 bits per heavy atom. The molecule has 2 aliphatic heterocycles. The summed E-state index contributed by atoms with van der Waals surface area (Å²) in [6, 6.07) is 7.74. The zero-order chi connectivity index (χ0) is 24.5. The van der Waals surface area contributed by atoms with Crippen molar-refractivity contribution in [2.45, 2.75) is 4.90 Å². The van der Waals surface area contributed by atoms with Crippen molar-refractivity contribution >= 4 is 33.0 Å². The first-order chi connectivity index (χ1) is 16.1. The topological polar surface area (TPSA) is 139 Å². The van der Waals surface area contributed by atoms with Gasteiger partial charge >= 0.3 is 0 Å². The molecule has 0 bridgehead atoms. The number of halogens is 1. The number of benzene rings is 2. The number of hydrogen-bond donors (Lipinski definition) is 1. The molecule has 1 amide bonds. The summed E-state index contributed by atoms with van der Waals surface area (Å²) in [7, 11) is -4.02. The van der Waals surface area contributed by atoms with E-state index >= 15 is 0 Å². The highest BCUT2D eigenvalue weighted by molar-refractivity contribution is 7.89. The van der Waals surface area contributed by atoms with Gasteiger partial charge in [-0.15, -0.1) is 0 Å². The van der Waals surface area contributed by atoms with Crippen LogP contribution in [0.1, 0.15) is 10.4 Å². The summed E-state index contributed by atoms with van der Waals surface area (Å²) in [5.74, 6) is -1.06. The van der Waals surface area contributed by atoms with E-state index in [2.05, 4.69) is 0 Å². The van der Waals surface area contributed by atoms with Crippen LogP contribution in [0.5, 0.6) is 0 Å². The van der Waals surface area contributed by atoms with Crippen LogP contribution in [-0.4, -0.2) is 76.6 Å². The number of nitro groups is 1. The van der Waals surface area contributed by atoms with Crippen LogP contribution in [0.15, 0.2) is 41.3 Å². The molecule has 2 heterocycles. The van der Waals surface area contributed by atoms with Gasteiger partial charge in [-0.25, -0.2) is 17.9 Å². The molecule has 11 nitrogen and oxygen atoms in total. The third-order valence-electron chi connectivity index (χ3n) is 5.93. The number of hydrogen-bond acceptors (Lipinski definition) is 8. The molecule has 4 rings (SSSR count). The number of morpholine rings is 1. The fraction of sp³-hybridized carbons (Fsp3) is 0.381. The van der Waals surface area contributed by atoms with Crippen LogP contribution in [0.25, 0.3) is 0 Å². The van der Waals surface area contributed by atoms with Crippen molar-refractivity contribution in [2.75, 3.05) is 62.3 Å². The highest BCUT2D eigenvalue weighted by Crippen LogP contribution is 2.29. The maximum Gasteiger partial charge on any atom is 0.270 e. The predicted octanol–water partition coefficient (Wildman–Crippen LogP) is 1.18. The van der Waals surface area contributed by atoms with Gasteiger partial charge in [0.1, 0.15) is 5.82 Å². The molecular formula is C21H24FN5O6S. The lowest BCUT2D eigenvalue weighted by Crippen LogP contribution is -2.49. The van der Waals surface area contributed by atoms with Crippen molar-refractivity contribution in [2.24, 2.45) is 5.14 Å². The Hall–Kier alpha value is -3.29. The van der Waals surface area contributed by atoms with Gasteiger partial charge in [0.25, 0.3) is 11.6 Å². The zero-order valence-corrected chi connectivity index (χ0v) is 19.0. The molecule has 2 aromatic rings. The molecule has 2 fully saturated rings. The van der Waals surface area contributed by atoms with Gasteiger partial charge in [-0.3, -0.25) is 14.9 Å². The molecule has 0 radical (unpaired) electrons. The van der Waals surface area contributed by atoms with E-state index in [1.165, 1.54) is 24.3 Å². The van der Waals surface area contributed by atoms with Crippen molar-refractivity contribution in [1.29, 1.82) is 0 Å². The lowest BCUT2D eigenvalue weighted by molar-refractivity contribution is -0.384. The number of sulfonamides is 1. The van der Waals surface area contributed by atoms with E-state index in [9.17, 15) is 27.7 Å². The second-order valence-electron chi connectivity index (χ2n) is 8.00. The van der Waals surface area contributed by atoms with Crippen molar-refractivity contribution in [1.82, 2.24) is 4.90 Å². The Labute approximate surface area is 195 Å². The highest BCUT2D eigenvalue weighted by atomic mass is 32.2. The molecule has 182 valence electrons. The molecule has 34 heavy (non-hydrogen) atoms. The number of nitro benzene ring substituents is 1. The molecule has 2 N–H and O–H groups in total. The van der Waals surface area contributed by atoms with Crippen LogP contribution in [0.4, 0.5) is 21.5 Å². The molecule has 0 spiro atoms. The number of primary sulfonamides is 1. The van der Waals surface area contributed by atoms with Gasteiger partial charge in [-0.1, -0.05) is 0 Å². The zero-order valence-electron chi connectivity index (χ0n) is 18.2. The number of non-ortho nitro benzene ring substituents is 1. The van der Waals surface area contributed by atoms with Crippen LogP contribution < -0.4 is 14.9 Å². The molecular weight excluding hydrogens is 469 g/mol. The summed E-state index contributed by atoms with van der Waals surface area (Å²) in [5, 5.41) is 16.4. The monoisotopic (exact) mass is 493 g/mol. The van der Waals surface area contributed by atoms with E-state index in [4.69, 9.17) is 9.88 Å². The maximum absolute atomic E-state index is 14.5. The molecule has 0 saturated carbocycles. The van der Waals surface area contributed by atoms with Gasteiger partial charge in [0.05, 0.1) is 40.0 Å². The molecule has 0 aliphatic carbocycles. The predicted molar refractivity (Wildman–Crippen MR) is 122 cm³/mol. The van der Waals surface area contributed by atoms with Gasteiger partial charge in [0, 0.05) is 51.4 Å². The Morgan fingerprint density at radius 2 is 1.59 bits per heavy atom. The normalized spacial score (nSPS) is 17.1. The number of anilines is 2. The molecule has 0 aromatic heterocycles. The fourth-order valence-corrected chi connectivity index (χ4v) is 4.66. The Balaban J connectivity index is 1.52. The number of rotatable bonds is 5. The number of carbonyl (C=O) groups excluding carboxylic acids is 1. The van der Waals surface area contributed by atoms with E-state index in [0.29, 0.717) is 45.1 Å². The summed E-state index contributed by atoms with van der Waals surface area (Å²) in [6.07, 6.45) is 0. The van der Waals surface area contributed by atoms with E-state index in [1.54, 1.807) is 15.9 Å². The number of nitrogens with two attached hydrogens (primary N) is 1. The first-order valence-corrected chi connectivity index (χ1v) is 12.2. The Kier molecular flexibility index (Phi) is 6.68. The molecule has 0 unspecified atom stereocenters. The summed E-state index contributed by atoms with van der Waals surface area (Å²) in [5.41, 5.74) is 0.902. The van der Waals surface area contributed by atoms with Gasteiger partial charge < -0.3 is 19.4 Å². The van der Waals surface area contributed by atoms with Crippen LogP contribution in [0, 0.1) is 15.9 Å². The second kappa shape index (κ2) is 9.52. The summed E-state index contributed by atoms with van der Waals surface area (Å²) in [4.78, 5) is 29.1. The van der Waals surface area contributed by atoms with Crippen LogP contribution in [0.3, 0.4) is 0 Å². The van der Waals surface area contributed by atoms with Crippen molar-refractivity contribution < 1.29 is 27.3 Å². The molecule has 2 aromatic carbocycles. The van der Waals surface area contributed by atoms with Gasteiger partial charge in [-0.05, 0) is 24.3 Å². The quantitative estimate of drug-likeness (QED) is 0.484. The SMILES string of the molecule is NS(=O)(=O)c1ccc(N2CCN(C(=O)c3cc([N+](=O)[O-])ccc3N3CCOCC3)CC2)c(F)c1. The second-order valence-corrected chi connectivity index (χ2v) is 9.56.